The highest BCUT2D eigenvalue weighted by Gasteiger charge is 2.47. The van der Waals surface area contributed by atoms with Crippen LogP contribution in [0.25, 0.3) is 10.2 Å². The van der Waals surface area contributed by atoms with Crippen molar-refractivity contribution >= 4 is 33.3 Å². The number of thiophene rings is 1. The van der Waals surface area contributed by atoms with E-state index >= 15 is 0 Å². The third-order valence-electron chi connectivity index (χ3n) is 7.00. The number of likely N-dealkylation sites (tertiary alicyclic amines) is 1. The predicted octanol–water partition coefficient (Wildman–Crippen LogP) is 3.47. The first-order valence-electron chi connectivity index (χ1n) is 10.5. The van der Waals surface area contributed by atoms with Crippen molar-refractivity contribution < 1.29 is 9.53 Å². The highest BCUT2D eigenvalue weighted by atomic mass is 32.1. The Bertz CT molecular complexity index is 871. The van der Waals surface area contributed by atoms with Gasteiger partial charge in [-0.3, -0.25) is 4.79 Å². The lowest BCUT2D eigenvalue weighted by atomic mass is 9.86. The number of ether oxygens (including phenoxy) is 1. The molecule has 3 saturated heterocycles. The van der Waals surface area contributed by atoms with Crippen molar-refractivity contribution in [1.82, 2.24) is 14.9 Å². The number of hydrogen-bond acceptors (Lipinski definition) is 6. The SMILES string of the molecule is C[C@@H]1OCC[C@@H]1C(=O)N1CCC[C@]12CCCN(c1ncnc3ccsc13)CC2. The van der Waals surface area contributed by atoms with Crippen LogP contribution >= 0.6 is 11.3 Å². The highest BCUT2D eigenvalue weighted by Crippen LogP contribution is 2.41. The molecule has 0 saturated carbocycles. The number of aromatic nitrogens is 2. The van der Waals surface area contributed by atoms with E-state index in [1.54, 1.807) is 17.7 Å². The number of carbonyl (C=O) groups excluding carboxylic acids is 1. The van der Waals surface area contributed by atoms with Crippen molar-refractivity contribution in [3.05, 3.63) is 17.8 Å². The minimum Gasteiger partial charge on any atom is -0.378 e. The molecule has 0 N–H and O–H groups in total. The molecule has 0 unspecified atom stereocenters. The molecule has 150 valence electrons. The average Bonchev–Trinajstić information content (AvgIpc) is 3.40. The van der Waals surface area contributed by atoms with Gasteiger partial charge in [0.2, 0.25) is 5.91 Å². The summed E-state index contributed by atoms with van der Waals surface area (Å²) < 4.78 is 6.86. The minimum absolute atomic E-state index is 0.0236. The third kappa shape index (κ3) is 2.99. The summed E-state index contributed by atoms with van der Waals surface area (Å²) in [5.41, 5.74) is 1.05. The molecule has 7 heteroatoms. The Hall–Kier alpha value is -1.73. The summed E-state index contributed by atoms with van der Waals surface area (Å²) >= 11 is 1.72. The molecule has 3 aliphatic heterocycles. The summed E-state index contributed by atoms with van der Waals surface area (Å²) in [5, 5.41) is 2.09. The van der Waals surface area contributed by atoms with Gasteiger partial charge < -0.3 is 14.5 Å². The van der Waals surface area contributed by atoms with Crippen LogP contribution in [0.2, 0.25) is 0 Å². The van der Waals surface area contributed by atoms with E-state index in [-0.39, 0.29) is 17.6 Å². The fourth-order valence-electron chi connectivity index (χ4n) is 5.45. The molecule has 3 aliphatic rings. The van der Waals surface area contributed by atoms with E-state index in [0.717, 1.165) is 76.1 Å². The maximum absolute atomic E-state index is 13.3. The van der Waals surface area contributed by atoms with Gasteiger partial charge in [-0.2, -0.15) is 0 Å². The Morgan fingerprint density at radius 2 is 2.07 bits per heavy atom. The lowest BCUT2D eigenvalue weighted by Gasteiger charge is -2.40. The second-order valence-corrected chi connectivity index (χ2v) is 9.38. The van der Waals surface area contributed by atoms with Crippen molar-refractivity contribution in [1.29, 1.82) is 0 Å². The van der Waals surface area contributed by atoms with Crippen LogP contribution in [-0.2, 0) is 9.53 Å². The first-order chi connectivity index (χ1) is 13.7. The number of anilines is 1. The van der Waals surface area contributed by atoms with Gasteiger partial charge in [0.05, 0.1) is 22.2 Å². The van der Waals surface area contributed by atoms with Crippen LogP contribution in [0.15, 0.2) is 17.8 Å². The molecule has 5 rings (SSSR count). The molecule has 28 heavy (non-hydrogen) atoms. The molecular weight excluding hydrogens is 372 g/mol. The summed E-state index contributed by atoms with van der Waals surface area (Å²) in [6.45, 7) is 5.62. The molecule has 0 bridgehead atoms. The molecule has 0 radical (unpaired) electrons. The molecule has 0 aliphatic carbocycles. The maximum atomic E-state index is 13.3. The largest absolute Gasteiger partial charge is 0.378 e. The zero-order valence-corrected chi connectivity index (χ0v) is 17.3. The Morgan fingerprint density at radius 1 is 1.21 bits per heavy atom. The highest BCUT2D eigenvalue weighted by molar-refractivity contribution is 7.17. The molecule has 2 aromatic rings. The molecular formula is C21H28N4O2S. The third-order valence-corrected chi connectivity index (χ3v) is 7.90. The number of amides is 1. The van der Waals surface area contributed by atoms with E-state index in [4.69, 9.17) is 4.74 Å². The molecule has 0 aromatic carbocycles. The van der Waals surface area contributed by atoms with Gasteiger partial charge in [-0.05, 0) is 56.9 Å². The molecule has 3 fully saturated rings. The molecule has 5 heterocycles. The van der Waals surface area contributed by atoms with Crippen LogP contribution in [0, 0.1) is 5.92 Å². The number of fused-ring (bicyclic) bond motifs is 1. The number of rotatable bonds is 2. The summed E-state index contributed by atoms with van der Waals surface area (Å²) in [4.78, 5) is 27.0. The van der Waals surface area contributed by atoms with E-state index in [0.29, 0.717) is 5.91 Å². The van der Waals surface area contributed by atoms with Crippen LogP contribution in [0.5, 0.6) is 0 Å². The average molecular weight is 401 g/mol. The van der Waals surface area contributed by atoms with Crippen LogP contribution in [-0.4, -0.2) is 58.7 Å². The van der Waals surface area contributed by atoms with Crippen molar-refractivity contribution in [3.8, 4) is 0 Å². The van der Waals surface area contributed by atoms with Crippen molar-refractivity contribution in [2.45, 2.75) is 57.1 Å². The van der Waals surface area contributed by atoms with Crippen LogP contribution < -0.4 is 4.90 Å². The van der Waals surface area contributed by atoms with E-state index in [1.165, 1.54) is 4.70 Å². The monoisotopic (exact) mass is 400 g/mol. The van der Waals surface area contributed by atoms with Crippen molar-refractivity contribution in [2.24, 2.45) is 5.92 Å². The number of hydrogen-bond donors (Lipinski definition) is 0. The summed E-state index contributed by atoms with van der Waals surface area (Å²) in [6, 6.07) is 2.06. The Balaban J connectivity index is 1.37. The lowest BCUT2D eigenvalue weighted by Crippen LogP contribution is -2.51. The summed E-state index contributed by atoms with van der Waals surface area (Å²) in [6.07, 6.45) is 8.07. The second kappa shape index (κ2) is 7.26. The van der Waals surface area contributed by atoms with E-state index in [9.17, 15) is 4.79 Å². The van der Waals surface area contributed by atoms with Gasteiger partial charge in [-0.1, -0.05) is 0 Å². The number of carbonyl (C=O) groups is 1. The van der Waals surface area contributed by atoms with E-state index in [1.807, 2.05) is 0 Å². The quantitative estimate of drug-likeness (QED) is 0.773. The molecule has 1 amide bonds. The van der Waals surface area contributed by atoms with Gasteiger partial charge >= 0.3 is 0 Å². The summed E-state index contributed by atoms with van der Waals surface area (Å²) in [5.74, 6) is 1.44. The van der Waals surface area contributed by atoms with Gasteiger partial charge in [-0.25, -0.2) is 9.97 Å². The van der Waals surface area contributed by atoms with E-state index in [2.05, 4.69) is 38.1 Å². The first kappa shape index (κ1) is 18.3. The smallest absolute Gasteiger partial charge is 0.228 e. The first-order valence-corrected chi connectivity index (χ1v) is 11.4. The zero-order valence-electron chi connectivity index (χ0n) is 16.5. The van der Waals surface area contributed by atoms with E-state index < -0.39 is 0 Å². The molecule has 1 spiro atoms. The van der Waals surface area contributed by atoms with Gasteiger partial charge in [0.1, 0.15) is 12.1 Å². The normalized spacial score (nSPS) is 31.0. The zero-order chi connectivity index (χ0) is 19.1. The minimum atomic E-state index is 0.0236. The van der Waals surface area contributed by atoms with Crippen LogP contribution in [0.3, 0.4) is 0 Å². The summed E-state index contributed by atoms with van der Waals surface area (Å²) in [7, 11) is 0. The standard InChI is InChI=1S/C21H28N4O2S/c1-15-16(4-12-27-15)20(26)25-10-3-7-21(25)6-2-9-24(11-8-21)19-18-17(5-13-28-18)22-14-23-19/h5,13-16H,2-4,6-12H2,1H3/t15-,16-,21-/m0/s1. The molecule has 2 aromatic heterocycles. The fourth-order valence-corrected chi connectivity index (χ4v) is 6.31. The van der Waals surface area contributed by atoms with Crippen molar-refractivity contribution in [2.75, 3.05) is 31.1 Å². The van der Waals surface area contributed by atoms with Gasteiger partial charge in [0, 0.05) is 31.8 Å². The predicted molar refractivity (Wildman–Crippen MR) is 111 cm³/mol. The second-order valence-electron chi connectivity index (χ2n) is 8.46. The lowest BCUT2D eigenvalue weighted by molar-refractivity contribution is -0.141. The van der Waals surface area contributed by atoms with Gasteiger partial charge in [0.15, 0.2) is 0 Å². The Kier molecular flexibility index (Phi) is 4.75. The number of nitrogens with zero attached hydrogens (tertiary/aromatic N) is 4. The van der Waals surface area contributed by atoms with Crippen LogP contribution in [0.1, 0.15) is 45.4 Å². The molecule has 6 nitrogen and oxygen atoms in total. The van der Waals surface area contributed by atoms with Crippen LogP contribution in [0.4, 0.5) is 5.82 Å². The van der Waals surface area contributed by atoms with Gasteiger partial charge in [0.25, 0.3) is 0 Å². The molecule has 3 atom stereocenters. The fraction of sp³-hybridized carbons (Fsp3) is 0.667. The Labute approximate surface area is 169 Å². The maximum Gasteiger partial charge on any atom is 0.228 e. The Morgan fingerprint density at radius 3 is 2.89 bits per heavy atom. The van der Waals surface area contributed by atoms with Crippen molar-refractivity contribution in [3.63, 3.8) is 0 Å². The topological polar surface area (TPSA) is 58.6 Å². The van der Waals surface area contributed by atoms with Gasteiger partial charge in [-0.15, -0.1) is 11.3 Å².